The highest BCUT2D eigenvalue weighted by Crippen LogP contribution is 2.18. The number of para-hydroxylation sites is 1. The van der Waals surface area contributed by atoms with Gasteiger partial charge in [0, 0.05) is 12.3 Å². The third-order valence-electron chi connectivity index (χ3n) is 3.56. The van der Waals surface area contributed by atoms with Crippen molar-refractivity contribution in [3.63, 3.8) is 0 Å². The maximum atomic E-state index is 12.2. The highest BCUT2D eigenvalue weighted by atomic mass is 16.5. The molecule has 0 unspecified atom stereocenters. The topological polar surface area (TPSA) is 65.4 Å². The minimum absolute atomic E-state index is 0.184. The van der Waals surface area contributed by atoms with Crippen molar-refractivity contribution in [1.82, 2.24) is 15.1 Å². The molecule has 0 aliphatic rings. The summed E-state index contributed by atoms with van der Waals surface area (Å²) >= 11 is 0. The van der Waals surface area contributed by atoms with Crippen molar-refractivity contribution in [2.75, 3.05) is 20.3 Å². The van der Waals surface area contributed by atoms with Gasteiger partial charge >= 0.3 is 0 Å². The van der Waals surface area contributed by atoms with Crippen LogP contribution in [0.4, 0.5) is 0 Å². The third kappa shape index (κ3) is 4.38. The minimum Gasteiger partial charge on any atom is -0.497 e. The van der Waals surface area contributed by atoms with Crippen molar-refractivity contribution in [3.8, 4) is 17.2 Å². The van der Waals surface area contributed by atoms with E-state index in [2.05, 4.69) is 10.4 Å². The molecule has 0 atom stereocenters. The lowest BCUT2D eigenvalue weighted by Crippen LogP contribution is -2.27. The normalized spacial score (nSPS) is 10.3. The number of benzene rings is 2. The van der Waals surface area contributed by atoms with E-state index in [0.717, 1.165) is 11.4 Å². The Hall–Kier alpha value is -3.28. The highest BCUT2D eigenvalue weighted by Gasteiger charge is 2.09. The summed E-state index contributed by atoms with van der Waals surface area (Å²) in [4.78, 5) is 12.2. The van der Waals surface area contributed by atoms with Gasteiger partial charge in [-0.05, 0) is 24.3 Å². The second-order valence-corrected chi connectivity index (χ2v) is 5.29. The first-order chi connectivity index (χ1) is 12.3. The predicted molar refractivity (Wildman–Crippen MR) is 94.4 cm³/mol. The lowest BCUT2D eigenvalue weighted by atomic mass is 10.3. The molecule has 25 heavy (non-hydrogen) atoms. The first-order valence-electron chi connectivity index (χ1n) is 7.91. The summed E-state index contributed by atoms with van der Waals surface area (Å²) in [5.74, 6) is 1.25. The van der Waals surface area contributed by atoms with Gasteiger partial charge in [-0.15, -0.1) is 0 Å². The van der Waals surface area contributed by atoms with Crippen LogP contribution in [0.5, 0.6) is 11.5 Å². The van der Waals surface area contributed by atoms with E-state index in [-0.39, 0.29) is 5.91 Å². The average Bonchev–Trinajstić information content (AvgIpc) is 3.16. The summed E-state index contributed by atoms with van der Waals surface area (Å²) < 4.78 is 12.4. The molecule has 0 spiro atoms. The highest BCUT2D eigenvalue weighted by molar-refractivity contribution is 5.93. The van der Waals surface area contributed by atoms with E-state index in [9.17, 15) is 4.79 Å². The number of carbonyl (C=O) groups is 1. The quantitative estimate of drug-likeness (QED) is 0.673. The number of hydrogen-bond acceptors (Lipinski definition) is 4. The zero-order valence-electron chi connectivity index (χ0n) is 13.9. The molecule has 0 radical (unpaired) electrons. The van der Waals surface area contributed by atoms with Crippen LogP contribution in [-0.2, 0) is 0 Å². The Kier molecular flexibility index (Phi) is 5.31. The van der Waals surface area contributed by atoms with E-state index >= 15 is 0 Å². The Morgan fingerprint density at radius 3 is 2.72 bits per heavy atom. The second kappa shape index (κ2) is 8.01. The number of ether oxygens (including phenoxy) is 2. The molecule has 0 saturated carbocycles. The lowest BCUT2D eigenvalue weighted by molar-refractivity contribution is 0.0947. The number of rotatable bonds is 7. The summed E-state index contributed by atoms with van der Waals surface area (Å²) in [5, 5.41) is 7.03. The van der Waals surface area contributed by atoms with Crippen LogP contribution in [0.25, 0.3) is 5.69 Å². The van der Waals surface area contributed by atoms with Gasteiger partial charge in [0.05, 0.1) is 31.1 Å². The number of nitrogens with zero attached hydrogens (tertiary/aromatic N) is 2. The number of hydrogen-bond donors (Lipinski definition) is 1. The molecule has 128 valence electrons. The van der Waals surface area contributed by atoms with Gasteiger partial charge in [0.1, 0.15) is 18.1 Å². The molecule has 1 N–H and O–H groups in total. The summed E-state index contributed by atoms with van der Waals surface area (Å²) in [7, 11) is 1.61. The van der Waals surface area contributed by atoms with Crippen LogP contribution in [0.15, 0.2) is 67.0 Å². The van der Waals surface area contributed by atoms with Crippen molar-refractivity contribution in [2.24, 2.45) is 0 Å². The zero-order valence-corrected chi connectivity index (χ0v) is 13.9. The van der Waals surface area contributed by atoms with Crippen LogP contribution in [0.2, 0.25) is 0 Å². The van der Waals surface area contributed by atoms with E-state index in [1.165, 1.54) is 0 Å². The maximum absolute atomic E-state index is 12.2. The summed E-state index contributed by atoms with van der Waals surface area (Å²) in [6.45, 7) is 0.762. The van der Waals surface area contributed by atoms with Gasteiger partial charge in [-0.25, -0.2) is 4.68 Å². The van der Waals surface area contributed by atoms with Gasteiger partial charge in [-0.1, -0.05) is 24.3 Å². The van der Waals surface area contributed by atoms with Crippen molar-refractivity contribution in [1.29, 1.82) is 0 Å². The van der Waals surface area contributed by atoms with E-state index in [1.54, 1.807) is 30.3 Å². The molecule has 0 fully saturated rings. The van der Waals surface area contributed by atoms with Gasteiger partial charge in [-0.3, -0.25) is 4.79 Å². The summed E-state index contributed by atoms with van der Waals surface area (Å²) in [5.41, 5.74) is 1.41. The first kappa shape index (κ1) is 16.6. The summed E-state index contributed by atoms with van der Waals surface area (Å²) in [6, 6.07) is 17.0. The summed E-state index contributed by atoms with van der Waals surface area (Å²) in [6.07, 6.45) is 3.25. The van der Waals surface area contributed by atoms with Crippen molar-refractivity contribution < 1.29 is 14.3 Å². The number of methoxy groups -OCH3 is 1. The molecule has 3 rings (SSSR count). The second-order valence-electron chi connectivity index (χ2n) is 5.29. The molecular formula is C19H19N3O3. The van der Waals surface area contributed by atoms with E-state index in [4.69, 9.17) is 9.47 Å². The average molecular weight is 337 g/mol. The molecule has 6 heteroatoms. The number of carbonyl (C=O) groups excluding carboxylic acids is 1. The van der Waals surface area contributed by atoms with Gasteiger partial charge < -0.3 is 14.8 Å². The van der Waals surface area contributed by atoms with Gasteiger partial charge in [0.25, 0.3) is 5.91 Å². The molecule has 2 aromatic carbocycles. The largest absolute Gasteiger partial charge is 0.497 e. The number of amides is 1. The molecule has 1 amide bonds. The molecule has 0 bridgehead atoms. The third-order valence-corrected chi connectivity index (χ3v) is 3.56. The monoisotopic (exact) mass is 337 g/mol. The van der Waals surface area contributed by atoms with Crippen molar-refractivity contribution >= 4 is 5.91 Å². The van der Waals surface area contributed by atoms with Crippen molar-refractivity contribution in [2.45, 2.75) is 0 Å². The number of nitrogens with one attached hydrogen (secondary N) is 1. The van der Waals surface area contributed by atoms with Crippen molar-refractivity contribution in [3.05, 3.63) is 72.6 Å². The standard InChI is InChI=1S/C19H19N3O3/c1-24-17-8-5-9-18(12-17)25-11-10-20-19(23)15-13-21-22(14-15)16-6-3-2-4-7-16/h2-9,12-14H,10-11H2,1H3,(H,20,23). The Labute approximate surface area is 146 Å². The molecule has 0 aliphatic carbocycles. The lowest BCUT2D eigenvalue weighted by Gasteiger charge is -2.08. The molecule has 1 heterocycles. The van der Waals surface area contributed by atoms with Crippen LogP contribution < -0.4 is 14.8 Å². The molecular weight excluding hydrogens is 318 g/mol. The Bertz CT molecular complexity index is 831. The molecule has 3 aromatic rings. The van der Waals surface area contributed by atoms with Crippen LogP contribution in [0.3, 0.4) is 0 Å². The Morgan fingerprint density at radius 2 is 1.92 bits per heavy atom. The van der Waals surface area contributed by atoms with E-state index in [1.807, 2.05) is 48.5 Å². The van der Waals surface area contributed by atoms with Crippen LogP contribution in [-0.4, -0.2) is 35.9 Å². The Balaban J connectivity index is 1.49. The first-order valence-corrected chi connectivity index (χ1v) is 7.91. The van der Waals surface area contributed by atoms with Crippen LogP contribution in [0, 0.1) is 0 Å². The number of aromatic nitrogens is 2. The Morgan fingerprint density at radius 1 is 1.12 bits per heavy atom. The van der Waals surface area contributed by atoms with Crippen LogP contribution in [0.1, 0.15) is 10.4 Å². The van der Waals surface area contributed by atoms with Gasteiger partial charge in [-0.2, -0.15) is 5.10 Å². The van der Waals surface area contributed by atoms with E-state index < -0.39 is 0 Å². The minimum atomic E-state index is -0.184. The predicted octanol–water partition coefficient (Wildman–Crippen LogP) is 2.69. The maximum Gasteiger partial charge on any atom is 0.254 e. The fourth-order valence-electron chi connectivity index (χ4n) is 2.29. The van der Waals surface area contributed by atoms with Crippen LogP contribution >= 0.6 is 0 Å². The molecule has 0 saturated heterocycles. The van der Waals surface area contributed by atoms with E-state index in [0.29, 0.717) is 24.5 Å². The molecule has 6 nitrogen and oxygen atoms in total. The van der Waals surface area contributed by atoms with Gasteiger partial charge in [0.15, 0.2) is 0 Å². The fraction of sp³-hybridized carbons (Fsp3) is 0.158. The molecule has 0 aliphatic heterocycles. The van der Waals surface area contributed by atoms with Gasteiger partial charge in [0.2, 0.25) is 0 Å². The SMILES string of the molecule is COc1cccc(OCCNC(=O)c2cnn(-c3ccccc3)c2)c1. The smallest absolute Gasteiger partial charge is 0.254 e. The zero-order chi connectivity index (χ0) is 17.5. The fourth-order valence-corrected chi connectivity index (χ4v) is 2.29. The molecule has 1 aromatic heterocycles.